The Balaban J connectivity index is 2.50. The minimum absolute atomic E-state index is 0.514. The molecule has 1 N–H and O–H groups in total. The van der Waals surface area contributed by atoms with E-state index in [2.05, 4.69) is 18.4 Å². The van der Waals surface area contributed by atoms with Crippen molar-refractivity contribution in [3.05, 3.63) is 22.4 Å². The van der Waals surface area contributed by atoms with Crippen LogP contribution in [-0.2, 0) is 6.42 Å². The molecule has 1 atom stereocenters. The van der Waals surface area contributed by atoms with Crippen LogP contribution in [0.15, 0.2) is 17.5 Å². The van der Waals surface area contributed by atoms with Crippen molar-refractivity contribution in [2.24, 2.45) is 0 Å². The lowest BCUT2D eigenvalue weighted by molar-refractivity contribution is 0.0513. The predicted molar refractivity (Wildman–Crippen MR) is 53.6 cm³/mol. The van der Waals surface area contributed by atoms with Crippen molar-refractivity contribution in [1.29, 1.82) is 0 Å². The lowest BCUT2D eigenvalue weighted by Crippen LogP contribution is -2.26. The molecule has 1 rings (SSSR count). The Kier molecular flexibility index (Phi) is 3.29. The van der Waals surface area contributed by atoms with Gasteiger partial charge in [-0.3, -0.25) is 0 Å². The van der Waals surface area contributed by atoms with Crippen LogP contribution in [0.5, 0.6) is 0 Å². The Morgan fingerprint density at radius 1 is 1.58 bits per heavy atom. The third kappa shape index (κ3) is 2.95. The fraction of sp³-hybridized carbons (Fsp3) is 0.600. The summed E-state index contributed by atoms with van der Waals surface area (Å²) in [6, 6.07) is 4.11. The number of thiophene rings is 1. The average molecular weight is 184 g/mol. The smallest absolute Gasteiger partial charge is 0.0667 e. The summed E-state index contributed by atoms with van der Waals surface area (Å²) in [5.74, 6) is 0. The van der Waals surface area contributed by atoms with E-state index in [1.807, 2.05) is 13.0 Å². The second-order valence-electron chi connectivity index (χ2n) is 3.50. The number of hydrogen-bond donors (Lipinski definition) is 1. The Morgan fingerprint density at radius 3 is 2.83 bits per heavy atom. The summed E-state index contributed by atoms with van der Waals surface area (Å²) in [6.07, 6.45) is 2.71. The van der Waals surface area contributed by atoms with Crippen LogP contribution in [0.2, 0.25) is 0 Å². The van der Waals surface area contributed by atoms with E-state index in [0.29, 0.717) is 0 Å². The van der Waals surface area contributed by atoms with E-state index in [1.54, 1.807) is 11.3 Å². The highest BCUT2D eigenvalue weighted by molar-refractivity contribution is 7.09. The van der Waals surface area contributed by atoms with Crippen LogP contribution in [0, 0.1) is 0 Å². The van der Waals surface area contributed by atoms with E-state index in [-0.39, 0.29) is 0 Å². The molecule has 12 heavy (non-hydrogen) atoms. The van der Waals surface area contributed by atoms with Crippen molar-refractivity contribution in [2.45, 2.75) is 38.7 Å². The first-order valence-electron chi connectivity index (χ1n) is 4.39. The number of aliphatic hydroxyl groups is 1. The maximum absolute atomic E-state index is 9.89. The Labute approximate surface area is 78.1 Å². The van der Waals surface area contributed by atoms with Gasteiger partial charge in [-0.05, 0) is 24.8 Å². The molecular weight excluding hydrogens is 168 g/mol. The van der Waals surface area contributed by atoms with E-state index < -0.39 is 5.60 Å². The summed E-state index contributed by atoms with van der Waals surface area (Å²) in [4.78, 5) is 1.27. The third-order valence-electron chi connectivity index (χ3n) is 1.92. The van der Waals surface area contributed by atoms with Crippen LogP contribution in [0.1, 0.15) is 31.6 Å². The van der Waals surface area contributed by atoms with Gasteiger partial charge in [0.2, 0.25) is 0 Å². The minimum Gasteiger partial charge on any atom is -0.390 e. The molecule has 0 spiro atoms. The summed E-state index contributed by atoms with van der Waals surface area (Å²) in [5, 5.41) is 11.9. The van der Waals surface area contributed by atoms with Crippen LogP contribution in [0.4, 0.5) is 0 Å². The number of hydrogen-bond acceptors (Lipinski definition) is 2. The molecule has 0 saturated heterocycles. The lowest BCUT2D eigenvalue weighted by atomic mass is 9.96. The topological polar surface area (TPSA) is 20.2 Å². The van der Waals surface area contributed by atoms with Crippen LogP contribution >= 0.6 is 11.3 Å². The fourth-order valence-corrected chi connectivity index (χ4v) is 2.30. The van der Waals surface area contributed by atoms with Crippen LogP contribution in [-0.4, -0.2) is 10.7 Å². The summed E-state index contributed by atoms with van der Waals surface area (Å²) in [6.45, 7) is 4.01. The molecule has 1 nitrogen and oxygen atoms in total. The molecule has 0 aromatic carbocycles. The first-order chi connectivity index (χ1) is 5.64. The Hall–Kier alpha value is -0.340. The quantitative estimate of drug-likeness (QED) is 0.763. The zero-order valence-electron chi connectivity index (χ0n) is 7.71. The molecular formula is C10H16OS. The van der Waals surface area contributed by atoms with Gasteiger partial charge in [-0.2, -0.15) is 0 Å². The van der Waals surface area contributed by atoms with E-state index in [4.69, 9.17) is 0 Å². The molecule has 0 amide bonds. The van der Waals surface area contributed by atoms with E-state index in [1.165, 1.54) is 4.88 Å². The normalized spacial score (nSPS) is 15.9. The molecule has 0 aliphatic rings. The van der Waals surface area contributed by atoms with Gasteiger partial charge < -0.3 is 5.11 Å². The molecule has 1 aromatic heterocycles. The molecule has 0 saturated carbocycles. The maximum atomic E-state index is 9.89. The Morgan fingerprint density at radius 2 is 2.33 bits per heavy atom. The van der Waals surface area contributed by atoms with Crippen molar-refractivity contribution < 1.29 is 5.11 Å². The molecule has 1 aromatic rings. The van der Waals surface area contributed by atoms with Gasteiger partial charge in [-0.15, -0.1) is 11.3 Å². The summed E-state index contributed by atoms with van der Waals surface area (Å²) in [5.41, 5.74) is -0.514. The van der Waals surface area contributed by atoms with Gasteiger partial charge >= 0.3 is 0 Å². The molecule has 0 fully saturated rings. The van der Waals surface area contributed by atoms with Gasteiger partial charge in [0.15, 0.2) is 0 Å². The predicted octanol–water partition coefficient (Wildman–Crippen LogP) is 2.84. The van der Waals surface area contributed by atoms with E-state index >= 15 is 0 Å². The van der Waals surface area contributed by atoms with Gasteiger partial charge in [0.1, 0.15) is 0 Å². The summed E-state index contributed by atoms with van der Waals surface area (Å²) in [7, 11) is 0. The third-order valence-corrected chi connectivity index (χ3v) is 2.80. The molecule has 1 heterocycles. The van der Waals surface area contributed by atoms with Gasteiger partial charge in [0.25, 0.3) is 0 Å². The zero-order valence-corrected chi connectivity index (χ0v) is 8.53. The molecule has 68 valence electrons. The average Bonchev–Trinajstić information content (AvgIpc) is 2.38. The highest BCUT2D eigenvalue weighted by Crippen LogP contribution is 2.21. The standard InChI is InChI=1S/C10H16OS/c1-3-6-10(2,11)8-9-5-4-7-12-9/h4-5,7,11H,3,6,8H2,1-2H3. The van der Waals surface area contributed by atoms with Crippen LogP contribution in [0.25, 0.3) is 0 Å². The molecule has 0 aliphatic heterocycles. The molecule has 0 aliphatic carbocycles. The van der Waals surface area contributed by atoms with Crippen molar-refractivity contribution in [2.75, 3.05) is 0 Å². The zero-order chi connectivity index (χ0) is 9.03. The highest BCUT2D eigenvalue weighted by Gasteiger charge is 2.19. The van der Waals surface area contributed by atoms with Gasteiger partial charge in [-0.25, -0.2) is 0 Å². The first-order valence-corrected chi connectivity index (χ1v) is 5.27. The van der Waals surface area contributed by atoms with E-state index in [9.17, 15) is 5.11 Å². The molecule has 0 bridgehead atoms. The van der Waals surface area contributed by atoms with Gasteiger partial charge in [0, 0.05) is 11.3 Å². The first kappa shape index (κ1) is 9.75. The fourth-order valence-electron chi connectivity index (χ4n) is 1.42. The largest absolute Gasteiger partial charge is 0.390 e. The lowest BCUT2D eigenvalue weighted by Gasteiger charge is -2.21. The van der Waals surface area contributed by atoms with Crippen molar-refractivity contribution in [3.63, 3.8) is 0 Å². The number of rotatable bonds is 4. The van der Waals surface area contributed by atoms with Crippen LogP contribution < -0.4 is 0 Å². The van der Waals surface area contributed by atoms with Crippen molar-refractivity contribution >= 4 is 11.3 Å². The highest BCUT2D eigenvalue weighted by atomic mass is 32.1. The molecule has 0 radical (unpaired) electrons. The molecule has 2 heteroatoms. The SMILES string of the molecule is CCCC(C)(O)Cc1cccs1. The van der Waals surface area contributed by atoms with Gasteiger partial charge in [-0.1, -0.05) is 19.4 Å². The maximum Gasteiger partial charge on any atom is 0.0667 e. The monoisotopic (exact) mass is 184 g/mol. The van der Waals surface area contributed by atoms with Crippen molar-refractivity contribution in [1.82, 2.24) is 0 Å². The van der Waals surface area contributed by atoms with Gasteiger partial charge in [0.05, 0.1) is 5.60 Å². The second kappa shape index (κ2) is 4.06. The molecule has 1 unspecified atom stereocenters. The van der Waals surface area contributed by atoms with Crippen LogP contribution in [0.3, 0.4) is 0 Å². The second-order valence-corrected chi connectivity index (χ2v) is 4.54. The van der Waals surface area contributed by atoms with Crippen molar-refractivity contribution in [3.8, 4) is 0 Å². The summed E-state index contributed by atoms with van der Waals surface area (Å²) >= 11 is 1.72. The Bertz CT molecular complexity index is 214. The minimum atomic E-state index is -0.514. The summed E-state index contributed by atoms with van der Waals surface area (Å²) < 4.78 is 0. The van der Waals surface area contributed by atoms with E-state index in [0.717, 1.165) is 19.3 Å².